The summed E-state index contributed by atoms with van der Waals surface area (Å²) in [7, 11) is 3.22. The van der Waals surface area contributed by atoms with Crippen molar-refractivity contribution >= 4 is 0 Å². The summed E-state index contributed by atoms with van der Waals surface area (Å²) in [6, 6.07) is 5.56. The molecule has 4 heteroatoms. The molecule has 2 rings (SSSR count). The second-order valence-corrected chi connectivity index (χ2v) is 4.97. The molecule has 0 radical (unpaired) electrons. The van der Waals surface area contributed by atoms with Crippen LogP contribution in [0.2, 0.25) is 0 Å². The Bertz CT molecular complexity index is 547. The van der Waals surface area contributed by atoms with Gasteiger partial charge >= 0.3 is 0 Å². The quantitative estimate of drug-likeness (QED) is 0.918. The first-order valence-electron chi connectivity index (χ1n) is 6.45. The van der Waals surface area contributed by atoms with E-state index in [1.54, 1.807) is 32.4 Å². The van der Waals surface area contributed by atoms with Crippen LogP contribution in [0.4, 0.5) is 0 Å². The number of allylic oxidation sites excluding steroid dienone is 1. The van der Waals surface area contributed by atoms with Gasteiger partial charge < -0.3 is 19.3 Å². The summed E-state index contributed by atoms with van der Waals surface area (Å²) in [5, 5.41) is 10.2. The maximum atomic E-state index is 10.2. The third-order valence-corrected chi connectivity index (χ3v) is 3.41. The van der Waals surface area contributed by atoms with E-state index in [9.17, 15) is 5.11 Å². The zero-order valence-electron chi connectivity index (χ0n) is 12.2. The van der Waals surface area contributed by atoms with E-state index < -0.39 is 11.7 Å². The van der Waals surface area contributed by atoms with Crippen molar-refractivity contribution in [3.05, 3.63) is 47.7 Å². The van der Waals surface area contributed by atoms with Crippen LogP contribution in [0.3, 0.4) is 0 Å². The van der Waals surface area contributed by atoms with Crippen LogP contribution in [0.1, 0.15) is 12.5 Å². The Morgan fingerprint density at radius 2 is 1.95 bits per heavy atom. The van der Waals surface area contributed by atoms with Crippen LogP contribution >= 0.6 is 0 Å². The van der Waals surface area contributed by atoms with Crippen molar-refractivity contribution in [1.29, 1.82) is 0 Å². The molecular weight excluding hydrogens is 256 g/mol. The molecule has 0 saturated heterocycles. The molecule has 0 bridgehead atoms. The number of rotatable bonds is 4. The zero-order chi connectivity index (χ0) is 14.8. The van der Waals surface area contributed by atoms with E-state index >= 15 is 0 Å². The van der Waals surface area contributed by atoms with Gasteiger partial charge in [0.05, 0.1) is 14.2 Å². The van der Waals surface area contributed by atoms with Gasteiger partial charge in [0.2, 0.25) is 0 Å². The van der Waals surface area contributed by atoms with Gasteiger partial charge in [-0.2, -0.15) is 0 Å². The molecule has 108 valence electrons. The second-order valence-electron chi connectivity index (χ2n) is 4.97. The van der Waals surface area contributed by atoms with Gasteiger partial charge in [-0.05, 0) is 49.8 Å². The molecule has 0 aromatic heterocycles. The molecule has 1 N–H and O–H groups in total. The van der Waals surface area contributed by atoms with Crippen molar-refractivity contribution in [1.82, 2.24) is 0 Å². The normalized spacial score (nSPS) is 25.1. The molecule has 20 heavy (non-hydrogen) atoms. The van der Waals surface area contributed by atoms with Crippen molar-refractivity contribution in [2.24, 2.45) is 0 Å². The maximum Gasteiger partial charge on any atom is 0.157 e. The Labute approximate surface area is 119 Å². The monoisotopic (exact) mass is 276 g/mol. The third-order valence-electron chi connectivity index (χ3n) is 3.41. The third kappa shape index (κ3) is 2.80. The zero-order valence-corrected chi connectivity index (χ0v) is 12.2. The molecule has 0 saturated carbocycles. The van der Waals surface area contributed by atoms with Gasteiger partial charge in [0.1, 0.15) is 23.4 Å². The van der Waals surface area contributed by atoms with Gasteiger partial charge in [-0.1, -0.05) is 0 Å². The van der Waals surface area contributed by atoms with Crippen molar-refractivity contribution in [3.8, 4) is 11.5 Å². The van der Waals surface area contributed by atoms with E-state index in [2.05, 4.69) is 0 Å². The van der Waals surface area contributed by atoms with Crippen molar-refractivity contribution in [2.75, 3.05) is 14.2 Å². The Hall–Kier alpha value is -1.94. The van der Waals surface area contributed by atoms with E-state index in [0.717, 1.165) is 11.3 Å². The van der Waals surface area contributed by atoms with Crippen LogP contribution in [0.15, 0.2) is 42.2 Å². The largest absolute Gasteiger partial charge is 0.497 e. The lowest BCUT2D eigenvalue weighted by atomic mass is 9.93. The van der Waals surface area contributed by atoms with Gasteiger partial charge in [-0.15, -0.1) is 0 Å². The fourth-order valence-corrected chi connectivity index (χ4v) is 2.11. The molecular formula is C16H20O4. The van der Waals surface area contributed by atoms with Gasteiger partial charge in [0.15, 0.2) is 5.60 Å². The first-order chi connectivity index (χ1) is 9.48. The molecule has 2 atom stereocenters. The Morgan fingerprint density at radius 3 is 2.55 bits per heavy atom. The van der Waals surface area contributed by atoms with Crippen molar-refractivity contribution in [2.45, 2.75) is 25.6 Å². The fraction of sp³-hybridized carbons (Fsp3) is 0.375. The lowest BCUT2D eigenvalue weighted by Gasteiger charge is -2.34. The highest BCUT2D eigenvalue weighted by Gasteiger charge is 2.35. The standard InChI is InChI=1S/C16H20O4/c1-11-9-12(18-3)5-7-14(11)20-16(2)10-13(19-4)6-8-15(16)17/h5-10,15,17H,1-4H3. The highest BCUT2D eigenvalue weighted by atomic mass is 16.5. The van der Waals surface area contributed by atoms with Crippen LogP contribution in [-0.4, -0.2) is 31.0 Å². The highest BCUT2D eigenvalue weighted by Crippen LogP contribution is 2.31. The van der Waals surface area contributed by atoms with Gasteiger partial charge in [0.25, 0.3) is 0 Å². The van der Waals surface area contributed by atoms with Crippen LogP contribution < -0.4 is 9.47 Å². The number of aryl methyl sites for hydroxylation is 1. The molecule has 0 heterocycles. The lowest BCUT2D eigenvalue weighted by molar-refractivity contribution is 0.0150. The Morgan fingerprint density at radius 1 is 1.20 bits per heavy atom. The van der Waals surface area contributed by atoms with E-state index in [-0.39, 0.29) is 0 Å². The number of hydrogen-bond acceptors (Lipinski definition) is 4. The van der Waals surface area contributed by atoms with Crippen LogP contribution in [0.25, 0.3) is 0 Å². The maximum absolute atomic E-state index is 10.2. The van der Waals surface area contributed by atoms with Crippen LogP contribution in [-0.2, 0) is 4.74 Å². The number of aliphatic hydroxyl groups excluding tert-OH is 1. The van der Waals surface area contributed by atoms with Crippen molar-refractivity contribution in [3.63, 3.8) is 0 Å². The smallest absolute Gasteiger partial charge is 0.157 e. The molecule has 0 amide bonds. The summed E-state index contributed by atoms with van der Waals surface area (Å²) in [4.78, 5) is 0. The average Bonchev–Trinajstić information content (AvgIpc) is 2.44. The molecule has 1 aliphatic carbocycles. The molecule has 0 spiro atoms. The molecule has 1 aromatic rings. The molecule has 1 aromatic carbocycles. The SMILES string of the molecule is COC1=CC(C)(Oc2ccc(OC)cc2C)C(O)C=C1. The predicted octanol–water partition coefficient (Wildman–Crippen LogP) is 2.60. The summed E-state index contributed by atoms with van der Waals surface area (Å²) in [5.41, 5.74) is 0.0825. The summed E-state index contributed by atoms with van der Waals surface area (Å²) >= 11 is 0. The fourth-order valence-electron chi connectivity index (χ4n) is 2.11. The van der Waals surface area contributed by atoms with E-state index in [4.69, 9.17) is 14.2 Å². The molecule has 2 unspecified atom stereocenters. The number of hydrogen-bond donors (Lipinski definition) is 1. The Balaban J connectivity index is 2.28. The topological polar surface area (TPSA) is 47.9 Å². The summed E-state index contributed by atoms with van der Waals surface area (Å²) in [5.74, 6) is 2.15. The molecule has 4 nitrogen and oxygen atoms in total. The van der Waals surface area contributed by atoms with Gasteiger partial charge in [0, 0.05) is 6.08 Å². The number of aliphatic hydroxyl groups is 1. The summed E-state index contributed by atoms with van der Waals surface area (Å²) < 4.78 is 16.4. The minimum atomic E-state index is -0.862. The van der Waals surface area contributed by atoms with Crippen LogP contribution in [0.5, 0.6) is 11.5 Å². The van der Waals surface area contributed by atoms with Gasteiger partial charge in [-0.3, -0.25) is 0 Å². The summed E-state index contributed by atoms with van der Waals surface area (Å²) in [6.07, 6.45) is 4.44. The summed E-state index contributed by atoms with van der Waals surface area (Å²) in [6.45, 7) is 3.76. The number of benzene rings is 1. The highest BCUT2D eigenvalue weighted by molar-refractivity contribution is 5.41. The first kappa shape index (κ1) is 14.5. The van der Waals surface area contributed by atoms with E-state index in [1.165, 1.54) is 0 Å². The average molecular weight is 276 g/mol. The van der Waals surface area contributed by atoms with Crippen LogP contribution in [0, 0.1) is 6.92 Å². The van der Waals surface area contributed by atoms with Gasteiger partial charge in [-0.25, -0.2) is 0 Å². The first-order valence-corrected chi connectivity index (χ1v) is 6.45. The minimum absolute atomic E-state index is 0.670. The molecule has 0 aliphatic heterocycles. The predicted molar refractivity (Wildman–Crippen MR) is 77.0 cm³/mol. The lowest BCUT2D eigenvalue weighted by Crippen LogP contribution is -2.44. The second kappa shape index (κ2) is 5.59. The Kier molecular flexibility index (Phi) is 4.04. The number of ether oxygens (including phenoxy) is 3. The van der Waals surface area contributed by atoms with E-state index in [1.807, 2.05) is 32.0 Å². The van der Waals surface area contributed by atoms with E-state index in [0.29, 0.717) is 11.5 Å². The minimum Gasteiger partial charge on any atom is -0.497 e. The molecule has 0 fully saturated rings. The molecule has 1 aliphatic rings. The number of methoxy groups -OCH3 is 2. The van der Waals surface area contributed by atoms with Crippen molar-refractivity contribution < 1.29 is 19.3 Å².